The summed E-state index contributed by atoms with van der Waals surface area (Å²) in [6.07, 6.45) is -12.9. The average Bonchev–Trinajstić information content (AvgIpc) is 2.62. The molecule has 0 aromatic rings. The lowest BCUT2D eigenvalue weighted by atomic mass is 9.97. The van der Waals surface area contributed by atoms with Gasteiger partial charge in [-0.3, -0.25) is 0 Å². The molecular weight excluding hydrogens is 344 g/mol. The van der Waals surface area contributed by atoms with Crippen LogP contribution in [0.4, 0.5) is 0 Å². The summed E-state index contributed by atoms with van der Waals surface area (Å²) in [6.45, 7) is -1.08. The van der Waals surface area contributed by atoms with E-state index in [0.717, 1.165) is 0 Å². The van der Waals surface area contributed by atoms with Crippen molar-refractivity contribution in [3.63, 3.8) is 0 Å². The van der Waals surface area contributed by atoms with E-state index in [2.05, 4.69) is 0 Å². The third-order valence-corrected chi connectivity index (χ3v) is 4.44. The maximum absolute atomic E-state index is 10.2. The molecule has 0 spiro atoms. The first-order valence-electron chi connectivity index (χ1n) is 7.85. The van der Waals surface area contributed by atoms with Gasteiger partial charge in [-0.05, 0) is 0 Å². The van der Waals surface area contributed by atoms with Crippen molar-refractivity contribution in [2.75, 3.05) is 27.4 Å². The lowest BCUT2D eigenvalue weighted by Gasteiger charge is -2.46. The quantitative estimate of drug-likeness (QED) is 0.269. The van der Waals surface area contributed by atoms with Crippen LogP contribution < -0.4 is 0 Å². The van der Waals surface area contributed by atoms with Gasteiger partial charge in [0.15, 0.2) is 12.6 Å². The van der Waals surface area contributed by atoms with Crippen molar-refractivity contribution >= 4 is 0 Å². The van der Waals surface area contributed by atoms with Crippen LogP contribution >= 0.6 is 0 Å². The molecule has 6 unspecified atom stereocenters. The average molecular weight is 370 g/mol. The highest BCUT2D eigenvalue weighted by molar-refractivity contribution is 4.94. The zero-order valence-electron chi connectivity index (χ0n) is 13.9. The van der Waals surface area contributed by atoms with Crippen LogP contribution in [0.3, 0.4) is 0 Å². The molecule has 0 amide bonds. The van der Waals surface area contributed by atoms with E-state index in [1.54, 1.807) is 0 Å². The predicted octanol–water partition coefficient (Wildman–Crippen LogP) is -4.09. The molecule has 0 saturated carbocycles. The Kier molecular flexibility index (Phi) is 7.49. The summed E-state index contributed by atoms with van der Waals surface area (Å²) in [5, 5.41) is 59.3. The zero-order valence-corrected chi connectivity index (χ0v) is 13.9. The van der Waals surface area contributed by atoms with E-state index in [1.165, 1.54) is 14.2 Å². The molecule has 2 aliphatic rings. The van der Waals surface area contributed by atoms with E-state index >= 15 is 0 Å². The van der Waals surface area contributed by atoms with Gasteiger partial charge in [0.2, 0.25) is 0 Å². The summed E-state index contributed by atoms with van der Waals surface area (Å²) >= 11 is 0. The first kappa shape index (κ1) is 20.9. The molecule has 25 heavy (non-hydrogen) atoms. The molecule has 0 aromatic heterocycles. The van der Waals surface area contributed by atoms with E-state index in [9.17, 15) is 30.6 Å². The minimum absolute atomic E-state index is 0.510. The number of methoxy groups -OCH3 is 2. The zero-order chi connectivity index (χ0) is 18.7. The highest BCUT2D eigenvalue weighted by Gasteiger charge is 2.50. The fourth-order valence-electron chi connectivity index (χ4n) is 3.03. The SMILES string of the molecule is CO[C@H]1OC(CO)[C@@H](O[C@H]2OC(CO)[C@@H](OC)C(O)C2O)C(O)C1O. The highest BCUT2D eigenvalue weighted by Crippen LogP contribution is 2.29. The lowest BCUT2D eigenvalue weighted by molar-refractivity contribution is -0.358. The molecule has 0 aliphatic carbocycles. The van der Waals surface area contributed by atoms with Crippen molar-refractivity contribution in [2.24, 2.45) is 0 Å². The molecule has 11 heteroatoms. The number of aliphatic hydroxyl groups excluding tert-OH is 6. The van der Waals surface area contributed by atoms with Crippen molar-refractivity contribution in [2.45, 2.75) is 61.4 Å². The minimum atomic E-state index is -1.56. The van der Waals surface area contributed by atoms with E-state index in [-0.39, 0.29) is 0 Å². The number of hydrogen-bond donors (Lipinski definition) is 6. The Morgan fingerprint density at radius 3 is 1.68 bits per heavy atom. The Morgan fingerprint density at radius 1 is 0.680 bits per heavy atom. The Morgan fingerprint density at radius 2 is 1.16 bits per heavy atom. The van der Waals surface area contributed by atoms with Gasteiger partial charge >= 0.3 is 0 Å². The van der Waals surface area contributed by atoms with Gasteiger partial charge in [-0.15, -0.1) is 0 Å². The number of rotatable bonds is 6. The van der Waals surface area contributed by atoms with E-state index in [1.807, 2.05) is 0 Å². The molecular formula is C14H26O11. The maximum atomic E-state index is 10.2. The van der Waals surface area contributed by atoms with Crippen molar-refractivity contribution in [3.8, 4) is 0 Å². The van der Waals surface area contributed by atoms with Gasteiger partial charge in [-0.2, -0.15) is 0 Å². The van der Waals surface area contributed by atoms with Crippen molar-refractivity contribution in [1.82, 2.24) is 0 Å². The van der Waals surface area contributed by atoms with E-state index in [0.29, 0.717) is 0 Å². The second kappa shape index (κ2) is 8.97. The molecule has 2 fully saturated rings. The Hall–Kier alpha value is -0.440. The molecule has 0 aromatic carbocycles. The summed E-state index contributed by atoms with van der Waals surface area (Å²) in [5.74, 6) is 0. The van der Waals surface area contributed by atoms with Gasteiger partial charge in [-0.25, -0.2) is 0 Å². The van der Waals surface area contributed by atoms with Crippen LogP contribution in [0, 0.1) is 0 Å². The first-order chi connectivity index (χ1) is 11.9. The van der Waals surface area contributed by atoms with Gasteiger partial charge in [0.25, 0.3) is 0 Å². The number of aliphatic hydroxyl groups is 6. The molecule has 0 radical (unpaired) electrons. The maximum Gasteiger partial charge on any atom is 0.187 e. The van der Waals surface area contributed by atoms with Crippen LogP contribution in [0.2, 0.25) is 0 Å². The summed E-state index contributed by atoms with van der Waals surface area (Å²) in [7, 11) is 2.55. The molecule has 10 atom stereocenters. The van der Waals surface area contributed by atoms with Gasteiger partial charge in [-0.1, -0.05) is 0 Å². The fraction of sp³-hybridized carbons (Fsp3) is 1.00. The van der Waals surface area contributed by atoms with Gasteiger partial charge in [0.05, 0.1) is 13.2 Å². The number of ether oxygens (including phenoxy) is 5. The monoisotopic (exact) mass is 370 g/mol. The van der Waals surface area contributed by atoms with E-state index < -0.39 is 74.6 Å². The highest BCUT2D eigenvalue weighted by atomic mass is 16.7. The summed E-state index contributed by atoms with van der Waals surface area (Å²) in [6, 6.07) is 0. The van der Waals surface area contributed by atoms with Crippen LogP contribution in [-0.2, 0) is 23.7 Å². The Balaban J connectivity index is 2.13. The van der Waals surface area contributed by atoms with Gasteiger partial charge in [0, 0.05) is 14.2 Å². The van der Waals surface area contributed by atoms with Crippen LogP contribution in [-0.4, -0.2) is 119 Å². The Labute approximate surface area is 144 Å². The topological polar surface area (TPSA) is 168 Å². The van der Waals surface area contributed by atoms with Crippen LogP contribution in [0.15, 0.2) is 0 Å². The second-order valence-corrected chi connectivity index (χ2v) is 5.95. The molecule has 0 bridgehead atoms. The molecule has 2 heterocycles. The van der Waals surface area contributed by atoms with Crippen molar-refractivity contribution in [1.29, 1.82) is 0 Å². The number of hydrogen-bond acceptors (Lipinski definition) is 11. The van der Waals surface area contributed by atoms with Crippen LogP contribution in [0.1, 0.15) is 0 Å². The second-order valence-electron chi connectivity index (χ2n) is 5.95. The van der Waals surface area contributed by atoms with Crippen LogP contribution in [0.5, 0.6) is 0 Å². The van der Waals surface area contributed by atoms with Crippen molar-refractivity contribution < 1.29 is 54.3 Å². The predicted molar refractivity (Wildman–Crippen MR) is 78.2 cm³/mol. The molecule has 2 saturated heterocycles. The van der Waals surface area contributed by atoms with Gasteiger partial charge < -0.3 is 54.3 Å². The molecule has 2 rings (SSSR count). The van der Waals surface area contributed by atoms with Crippen molar-refractivity contribution in [3.05, 3.63) is 0 Å². The smallest absolute Gasteiger partial charge is 0.187 e. The third kappa shape index (κ3) is 4.12. The van der Waals surface area contributed by atoms with E-state index in [4.69, 9.17) is 23.7 Å². The summed E-state index contributed by atoms with van der Waals surface area (Å²) in [5.41, 5.74) is 0. The largest absolute Gasteiger partial charge is 0.394 e. The minimum Gasteiger partial charge on any atom is -0.394 e. The van der Waals surface area contributed by atoms with Crippen LogP contribution in [0.25, 0.3) is 0 Å². The normalized spacial score (nSPS) is 48.5. The molecule has 148 valence electrons. The standard InChI is InChI=1S/C14H26O11/c1-21-11-5(3-15)24-14(10(20)7(11)17)25-12-6(4-16)23-13(22-2)9(19)8(12)18/h5-20H,3-4H2,1-2H3/t5?,6?,7?,8?,9?,10?,11-,12-,13+,14-/m1/s1. The summed E-state index contributed by atoms with van der Waals surface area (Å²) in [4.78, 5) is 0. The fourth-order valence-corrected chi connectivity index (χ4v) is 3.03. The molecule has 6 N–H and O–H groups in total. The Bertz CT molecular complexity index is 406. The first-order valence-corrected chi connectivity index (χ1v) is 7.85. The van der Waals surface area contributed by atoms with Gasteiger partial charge in [0.1, 0.15) is 48.8 Å². The lowest BCUT2D eigenvalue weighted by Crippen LogP contribution is -2.64. The summed E-state index contributed by atoms with van der Waals surface area (Å²) < 4.78 is 26.0. The third-order valence-electron chi connectivity index (χ3n) is 4.44. The molecule has 11 nitrogen and oxygen atoms in total. The molecule has 2 aliphatic heterocycles.